The Hall–Kier alpha value is -1.51. The van der Waals surface area contributed by atoms with Crippen LogP contribution in [-0.4, -0.2) is 17.1 Å². The third-order valence-electron chi connectivity index (χ3n) is 3.92. The van der Waals surface area contributed by atoms with Crippen LogP contribution in [0.4, 0.5) is 5.69 Å². The van der Waals surface area contributed by atoms with Crippen LogP contribution in [0.5, 0.6) is 0 Å². The lowest BCUT2D eigenvalue weighted by Crippen LogP contribution is -2.32. The van der Waals surface area contributed by atoms with E-state index in [2.05, 4.69) is 19.2 Å². The molecule has 3 nitrogen and oxygen atoms in total. The van der Waals surface area contributed by atoms with Crippen LogP contribution in [0.15, 0.2) is 24.3 Å². The number of nitrogens with one attached hydrogen (secondary N) is 1. The van der Waals surface area contributed by atoms with Crippen molar-refractivity contribution in [3.63, 3.8) is 0 Å². The summed E-state index contributed by atoms with van der Waals surface area (Å²) in [7, 11) is 0. The quantitative estimate of drug-likeness (QED) is 0.857. The molecular formula is C15H21NO2. The molecule has 0 heterocycles. The molecular weight excluding hydrogens is 226 g/mol. The van der Waals surface area contributed by atoms with Gasteiger partial charge >= 0.3 is 5.97 Å². The fourth-order valence-corrected chi connectivity index (χ4v) is 2.80. The van der Waals surface area contributed by atoms with Crippen molar-refractivity contribution in [2.75, 3.05) is 5.32 Å². The minimum atomic E-state index is -0.874. The van der Waals surface area contributed by atoms with Gasteiger partial charge in [-0.25, -0.2) is 4.79 Å². The maximum Gasteiger partial charge on any atom is 0.335 e. The zero-order valence-electron chi connectivity index (χ0n) is 11.0. The molecule has 0 radical (unpaired) electrons. The van der Waals surface area contributed by atoms with Gasteiger partial charge < -0.3 is 10.4 Å². The maximum atomic E-state index is 10.8. The normalized spacial score (nSPS) is 27.8. The van der Waals surface area contributed by atoms with Gasteiger partial charge in [0.05, 0.1) is 5.56 Å². The van der Waals surface area contributed by atoms with Gasteiger partial charge in [-0.1, -0.05) is 13.8 Å². The number of aromatic carboxylic acids is 1. The summed E-state index contributed by atoms with van der Waals surface area (Å²) in [5, 5.41) is 12.4. The van der Waals surface area contributed by atoms with Gasteiger partial charge in [-0.05, 0) is 55.4 Å². The van der Waals surface area contributed by atoms with E-state index in [-0.39, 0.29) is 0 Å². The van der Waals surface area contributed by atoms with Crippen molar-refractivity contribution in [1.82, 2.24) is 0 Å². The molecule has 98 valence electrons. The van der Waals surface area contributed by atoms with Gasteiger partial charge in [-0.15, -0.1) is 0 Å². The lowest BCUT2D eigenvalue weighted by Gasteiger charge is -2.33. The van der Waals surface area contributed by atoms with Crippen LogP contribution in [0.25, 0.3) is 0 Å². The Labute approximate surface area is 108 Å². The van der Waals surface area contributed by atoms with Gasteiger partial charge in [0.2, 0.25) is 0 Å². The first-order valence-electron chi connectivity index (χ1n) is 6.66. The Kier molecular flexibility index (Phi) is 3.90. The maximum absolute atomic E-state index is 10.8. The Morgan fingerprint density at radius 1 is 1.22 bits per heavy atom. The molecule has 0 bridgehead atoms. The molecule has 1 aliphatic carbocycles. The molecule has 1 fully saturated rings. The first kappa shape index (κ1) is 12.9. The molecule has 0 aliphatic heterocycles. The predicted octanol–water partition coefficient (Wildman–Crippen LogP) is 3.62. The number of carboxylic acids is 1. The van der Waals surface area contributed by atoms with Crippen LogP contribution in [0, 0.1) is 11.8 Å². The minimum absolute atomic E-state index is 0.339. The molecule has 1 saturated carbocycles. The van der Waals surface area contributed by atoms with Crippen LogP contribution >= 0.6 is 0 Å². The number of anilines is 1. The summed E-state index contributed by atoms with van der Waals surface area (Å²) in [6.45, 7) is 4.60. The minimum Gasteiger partial charge on any atom is -0.478 e. The van der Waals surface area contributed by atoms with Gasteiger partial charge in [0.15, 0.2) is 0 Å². The number of carbonyl (C=O) groups is 1. The van der Waals surface area contributed by atoms with Gasteiger partial charge in [-0.3, -0.25) is 0 Å². The molecule has 0 aromatic heterocycles. The van der Waals surface area contributed by atoms with Crippen molar-refractivity contribution in [1.29, 1.82) is 0 Å². The van der Waals surface area contributed by atoms with Crippen molar-refractivity contribution in [2.45, 2.75) is 39.2 Å². The first-order valence-corrected chi connectivity index (χ1v) is 6.66. The number of carboxylic acid groups (broad SMARTS) is 1. The van der Waals surface area contributed by atoms with E-state index in [0.717, 1.165) is 11.6 Å². The van der Waals surface area contributed by atoms with Crippen LogP contribution in [-0.2, 0) is 0 Å². The van der Waals surface area contributed by atoms with Crippen LogP contribution < -0.4 is 5.32 Å². The highest BCUT2D eigenvalue weighted by Gasteiger charge is 2.24. The van der Waals surface area contributed by atoms with Crippen LogP contribution in [0.1, 0.15) is 43.5 Å². The first-order chi connectivity index (χ1) is 8.56. The smallest absolute Gasteiger partial charge is 0.335 e. The highest BCUT2D eigenvalue weighted by atomic mass is 16.4. The summed E-state index contributed by atoms with van der Waals surface area (Å²) < 4.78 is 0. The summed E-state index contributed by atoms with van der Waals surface area (Å²) >= 11 is 0. The largest absolute Gasteiger partial charge is 0.478 e. The molecule has 2 rings (SSSR count). The van der Waals surface area contributed by atoms with Crippen LogP contribution in [0.2, 0.25) is 0 Å². The second kappa shape index (κ2) is 5.42. The third-order valence-corrected chi connectivity index (χ3v) is 3.92. The van der Waals surface area contributed by atoms with Crippen LogP contribution in [0.3, 0.4) is 0 Å². The standard InChI is InChI=1S/C15H21NO2/c1-10-3-8-14(11(2)9-10)16-13-6-4-12(5-7-13)15(17)18/h4-7,10-11,14,16H,3,8-9H2,1-2H3,(H,17,18). The number of hydrogen-bond donors (Lipinski definition) is 2. The molecule has 0 amide bonds. The molecule has 0 saturated heterocycles. The fourth-order valence-electron chi connectivity index (χ4n) is 2.80. The van der Waals surface area contributed by atoms with E-state index < -0.39 is 5.97 Å². The molecule has 3 atom stereocenters. The molecule has 0 spiro atoms. The summed E-state index contributed by atoms with van der Waals surface area (Å²) in [6.07, 6.45) is 3.74. The van der Waals surface area contributed by atoms with Gasteiger partial charge in [-0.2, -0.15) is 0 Å². The van der Waals surface area contributed by atoms with Gasteiger partial charge in [0, 0.05) is 11.7 Å². The van der Waals surface area contributed by atoms with Crippen molar-refractivity contribution in [2.24, 2.45) is 11.8 Å². The Balaban J connectivity index is 1.99. The van der Waals surface area contributed by atoms with Gasteiger partial charge in [0.1, 0.15) is 0 Å². The zero-order valence-corrected chi connectivity index (χ0v) is 11.0. The second-order valence-corrected chi connectivity index (χ2v) is 5.53. The molecule has 1 aromatic carbocycles. The van der Waals surface area contributed by atoms with Crippen molar-refractivity contribution >= 4 is 11.7 Å². The highest BCUT2D eigenvalue weighted by Crippen LogP contribution is 2.30. The third kappa shape index (κ3) is 3.03. The Morgan fingerprint density at radius 2 is 1.89 bits per heavy atom. The lowest BCUT2D eigenvalue weighted by atomic mass is 9.80. The number of hydrogen-bond acceptors (Lipinski definition) is 2. The average molecular weight is 247 g/mol. The zero-order chi connectivity index (χ0) is 13.1. The van der Waals surface area contributed by atoms with E-state index in [0.29, 0.717) is 17.5 Å². The number of benzene rings is 1. The highest BCUT2D eigenvalue weighted by molar-refractivity contribution is 5.87. The van der Waals surface area contributed by atoms with Gasteiger partial charge in [0.25, 0.3) is 0 Å². The molecule has 3 heteroatoms. The predicted molar refractivity (Wildman–Crippen MR) is 73.0 cm³/mol. The monoisotopic (exact) mass is 247 g/mol. The molecule has 1 aromatic rings. The molecule has 1 aliphatic rings. The summed E-state index contributed by atoms with van der Waals surface area (Å²) in [5.41, 5.74) is 1.36. The van der Waals surface area contributed by atoms with Crippen molar-refractivity contribution in [3.8, 4) is 0 Å². The van der Waals surface area contributed by atoms with E-state index in [1.807, 2.05) is 12.1 Å². The molecule has 2 N–H and O–H groups in total. The fraction of sp³-hybridized carbons (Fsp3) is 0.533. The summed E-state index contributed by atoms with van der Waals surface area (Å²) in [4.78, 5) is 10.8. The Bertz CT molecular complexity index is 413. The lowest BCUT2D eigenvalue weighted by molar-refractivity contribution is 0.0697. The van der Waals surface area contributed by atoms with E-state index in [1.54, 1.807) is 12.1 Å². The van der Waals surface area contributed by atoms with E-state index in [4.69, 9.17) is 5.11 Å². The van der Waals surface area contributed by atoms with E-state index in [9.17, 15) is 4.79 Å². The summed E-state index contributed by atoms with van der Waals surface area (Å²) in [6, 6.07) is 7.53. The topological polar surface area (TPSA) is 49.3 Å². The van der Waals surface area contributed by atoms with E-state index >= 15 is 0 Å². The van der Waals surface area contributed by atoms with E-state index in [1.165, 1.54) is 19.3 Å². The average Bonchev–Trinajstić information content (AvgIpc) is 2.33. The Morgan fingerprint density at radius 3 is 2.44 bits per heavy atom. The molecule has 18 heavy (non-hydrogen) atoms. The number of rotatable bonds is 3. The molecule has 3 unspecified atom stereocenters. The van der Waals surface area contributed by atoms with Crippen molar-refractivity contribution in [3.05, 3.63) is 29.8 Å². The summed E-state index contributed by atoms with van der Waals surface area (Å²) in [5.74, 6) is 0.627. The second-order valence-electron chi connectivity index (χ2n) is 5.53. The van der Waals surface area contributed by atoms with Crippen molar-refractivity contribution < 1.29 is 9.90 Å². The SMILES string of the molecule is CC1CCC(Nc2ccc(C(=O)O)cc2)C(C)C1.